The fourth-order valence-corrected chi connectivity index (χ4v) is 5.45. The summed E-state index contributed by atoms with van der Waals surface area (Å²) < 4.78 is 41.2. The second kappa shape index (κ2) is 10.5. The molecule has 1 saturated carbocycles. The summed E-state index contributed by atoms with van der Waals surface area (Å²) in [6.45, 7) is -0.635. The first kappa shape index (κ1) is 27.6. The molecule has 12 heteroatoms. The molecule has 4 aromatic rings. The van der Waals surface area contributed by atoms with Gasteiger partial charge in [-0.2, -0.15) is 18.3 Å². The SMILES string of the molecule is NC(=O)C1(NC(=O)c2c(CO)nn3c(-c4ccc(C(F)(F)F)cc4)c(-c4ccccc4Cl)cnc23)CCCCC1. The lowest BCUT2D eigenvalue weighted by atomic mass is 9.81. The van der Waals surface area contributed by atoms with Crippen molar-refractivity contribution in [3.8, 4) is 22.4 Å². The smallest absolute Gasteiger partial charge is 0.390 e. The van der Waals surface area contributed by atoms with E-state index in [-0.39, 0.29) is 16.9 Å². The van der Waals surface area contributed by atoms with Crippen LogP contribution in [0.2, 0.25) is 5.02 Å². The van der Waals surface area contributed by atoms with Crippen LogP contribution in [0.5, 0.6) is 0 Å². The maximum atomic E-state index is 13.6. The number of primary amides is 1. The Hall–Kier alpha value is -3.96. The van der Waals surface area contributed by atoms with Crippen LogP contribution in [-0.2, 0) is 17.6 Å². The minimum absolute atomic E-state index is 0.0232. The Labute approximate surface area is 232 Å². The number of nitrogens with two attached hydrogens (primary N) is 1. The van der Waals surface area contributed by atoms with Crippen molar-refractivity contribution in [2.45, 2.75) is 50.4 Å². The Bertz CT molecular complexity index is 1600. The van der Waals surface area contributed by atoms with Crippen LogP contribution in [0.4, 0.5) is 13.2 Å². The van der Waals surface area contributed by atoms with Crippen molar-refractivity contribution in [3.05, 3.63) is 76.6 Å². The summed E-state index contributed by atoms with van der Waals surface area (Å²) in [4.78, 5) is 30.5. The molecular formula is C28H25ClF3N5O3. The molecule has 1 fully saturated rings. The van der Waals surface area contributed by atoms with Crippen LogP contribution in [0, 0.1) is 0 Å². The first-order chi connectivity index (χ1) is 19.1. The van der Waals surface area contributed by atoms with Crippen molar-refractivity contribution in [1.29, 1.82) is 0 Å². The summed E-state index contributed by atoms with van der Waals surface area (Å²) in [6, 6.07) is 11.3. The molecule has 0 unspecified atom stereocenters. The van der Waals surface area contributed by atoms with Gasteiger partial charge in [0.15, 0.2) is 5.65 Å². The van der Waals surface area contributed by atoms with Crippen molar-refractivity contribution in [3.63, 3.8) is 0 Å². The molecule has 1 aliphatic rings. The number of benzene rings is 2. The van der Waals surface area contributed by atoms with Gasteiger partial charge >= 0.3 is 6.18 Å². The number of nitrogens with one attached hydrogen (secondary N) is 1. The van der Waals surface area contributed by atoms with Crippen LogP contribution in [0.3, 0.4) is 0 Å². The van der Waals surface area contributed by atoms with Crippen molar-refractivity contribution in [1.82, 2.24) is 19.9 Å². The Morgan fingerprint density at radius 2 is 1.73 bits per heavy atom. The number of hydrogen-bond donors (Lipinski definition) is 3. The molecule has 0 saturated heterocycles. The summed E-state index contributed by atoms with van der Waals surface area (Å²) in [7, 11) is 0. The lowest BCUT2D eigenvalue weighted by Gasteiger charge is -2.35. The number of carbonyl (C=O) groups excluding carboxylic acids is 2. The highest BCUT2D eigenvalue weighted by atomic mass is 35.5. The number of carbonyl (C=O) groups is 2. The fourth-order valence-electron chi connectivity index (χ4n) is 5.21. The van der Waals surface area contributed by atoms with Gasteiger partial charge in [0.1, 0.15) is 16.8 Å². The Morgan fingerprint density at radius 3 is 2.33 bits per heavy atom. The molecule has 0 spiro atoms. The van der Waals surface area contributed by atoms with E-state index in [4.69, 9.17) is 17.3 Å². The van der Waals surface area contributed by atoms with Gasteiger partial charge in [0, 0.05) is 27.9 Å². The summed E-state index contributed by atoms with van der Waals surface area (Å²) in [5, 5.41) is 17.7. The van der Waals surface area contributed by atoms with Gasteiger partial charge < -0.3 is 16.2 Å². The molecule has 5 rings (SSSR count). The standard InChI is InChI=1S/C28H25ClF3N5O3/c29-20-7-3-2-6-18(20)19-14-34-24-22(25(39)35-27(26(33)40)12-4-1-5-13-27)21(15-38)36-37(24)23(19)16-8-10-17(11-9-16)28(30,31)32/h2-3,6-11,14,38H,1,4-5,12-13,15H2,(H2,33,40)(H,35,39). The molecular weight excluding hydrogens is 547 g/mol. The maximum absolute atomic E-state index is 13.6. The molecule has 0 bridgehead atoms. The van der Waals surface area contributed by atoms with E-state index in [9.17, 15) is 27.9 Å². The molecule has 0 aliphatic heterocycles. The summed E-state index contributed by atoms with van der Waals surface area (Å²) in [6.07, 6.45) is 0.00411. The normalized spacial score (nSPS) is 15.2. The van der Waals surface area contributed by atoms with Crippen molar-refractivity contribution < 1.29 is 27.9 Å². The first-order valence-electron chi connectivity index (χ1n) is 12.6. The highest BCUT2D eigenvalue weighted by molar-refractivity contribution is 6.33. The lowest BCUT2D eigenvalue weighted by molar-refractivity contribution is -0.137. The van der Waals surface area contributed by atoms with Crippen molar-refractivity contribution in [2.75, 3.05) is 0 Å². The quantitative estimate of drug-likeness (QED) is 0.295. The molecule has 2 aromatic heterocycles. The van der Waals surface area contributed by atoms with E-state index in [1.165, 1.54) is 22.8 Å². The highest BCUT2D eigenvalue weighted by Gasteiger charge is 2.40. The largest absolute Gasteiger partial charge is 0.416 e. The minimum atomic E-state index is -4.53. The molecule has 4 N–H and O–H groups in total. The summed E-state index contributed by atoms with van der Waals surface area (Å²) >= 11 is 6.47. The van der Waals surface area contributed by atoms with Gasteiger partial charge in [-0.3, -0.25) is 9.59 Å². The first-order valence-corrected chi connectivity index (χ1v) is 13.0. The number of nitrogens with zero attached hydrogens (tertiary/aromatic N) is 3. The van der Waals surface area contributed by atoms with Crippen molar-refractivity contribution >= 4 is 29.1 Å². The van der Waals surface area contributed by atoms with Crippen LogP contribution in [0.15, 0.2) is 54.7 Å². The van der Waals surface area contributed by atoms with Crippen LogP contribution in [0.1, 0.15) is 53.7 Å². The lowest BCUT2D eigenvalue weighted by Crippen LogP contribution is -2.58. The Kier molecular flexibility index (Phi) is 7.28. The zero-order valence-corrected chi connectivity index (χ0v) is 21.9. The fraction of sp³-hybridized carbons (Fsp3) is 0.286. The van der Waals surface area contributed by atoms with E-state index in [0.717, 1.165) is 18.6 Å². The zero-order valence-electron chi connectivity index (χ0n) is 21.1. The molecule has 2 heterocycles. The number of amides is 2. The van der Waals surface area contributed by atoms with Crippen LogP contribution >= 0.6 is 11.6 Å². The van der Waals surface area contributed by atoms with Crippen LogP contribution < -0.4 is 11.1 Å². The molecule has 208 valence electrons. The van der Waals surface area contributed by atoms with Gasteiger partial charge in [0.2, 0.25) is 5.91 Å². The van der Waals surface area contributed by atoms with Gasteiger partial charge in [-0.1, -0.05) is 61.2 Å². The average Bonchev–Trinajstić information content (AvgIpc) is 3.32. The van der Waals surface area contributed by atoms with Crippen molar-refractivity contribution in [2.24, 2.45) is 5.73 Å². The van der Waals surface area contributed by atoms with Gasteiger partial charge in [0.05, 0.1) is 17.9 Å². The van der Waals surface area contributed by atoms with Gasteiger partial charge in [-0.05, 0) is 31.0 Å². The molecule has 0 radical (unpaired) electrons. The highest BCUT2D eigenvalue weighted by Crippen LogP contribution is 2.38. The number of hydrogen-bond acceptors (Lipinski definition) is 5. The molecule has 40 heavy (non-hydrogen) atoms. The third kappa shape index (κ3) is 4.90. The third-order valence-electron chi connectivity index (χ3n) is 7.27. The Morgan fingerprint density at radius 1 is 1.05 bits per heavy atom. The second-order valence-corrected chi connectivity index (χ2v) is 10.2. The minimum Gasteiger partial charge on any atom is -0.390 e. The number of halogens is 4. The van der Waals surface area contributed by atoms with Crippen LogP contribution in [-0.4, -0.2) is 37.1 Å². The maximum Gasteiger partial charge on any atom is 0.416 e. The van der Waals surface area contributed by atoms with E-state index in [1.54, 1.807) is 24.3 Å². The predicted molar refractivity (Wildman–Crippen MR) is 142 cm³/mol. The number of rotatable bonds is 6. The van der Waals surface area contributed by atoms with E-state index in [1.807, 2.05) is 0 Å². The van der Waals surface area contributed by atoms with E-state index >= 15 is 0 Å². The number of aromatic nitrogens is 3. The van der Waals surface area contributed by atoms with Gasteiger partial charge in [-0.25, -0.2) is 9.50 Å². The average molecular weight is 572 g/mol. The second-order valence-electron chi connectivity index (χ2n) is 9.75. The molecule has 2 amide bonds. The number of aliphatic hydroxyl groups excluding tert-OH is 1. The third-order valence-corrected chi connectivity index (χ3v) is 7.60. The predicted octanol–water partition coefficient (Wildman–Crippen LogP) is 5.15. The van der Waals surface area contributed by atoms with E-state index in [2.05, 4.69) is 15.4 Å². The molecule has 0 atom stereocenters. The molecule has 2 aromatic carbocycles. The Balaban J connectivity index is 1.72. The molecule has 1 aliphatic carbocycles. The van der Waals surface area contributed by atoms with Crippen LogP contribution in [0.25, 0.3) is 28.0 Å². The topological polar surface area (TPSA) is 123 Å². The van der Waals surface area contributed by atoms with E-state index < -0.39 is 35.7 Å². The van der Waals surface area contributed by atoms with Gasteiger partial charge in [0.25, 0.3) is 5.91 Å². The monoisotopic (exact) mass is 571 g/mol. The number of alkyl halides is 3. The zero-order chi connectivity index (χ0) is 28.7. The molecule has 8 nitrogen and oxygen atoms in total. The summed E-state index contributed by atoms with van der Waals surface area (Å²) in [5.41, 5.74) is 5.21. The summed E-state index contributed by atoms with van der Waals surface area (Å²) in [5.74, 6) is -1.34. The number of fused-ring (bicyclic) bond motifs is 1. The van der Waals surface area contributed by atoms with Gasteiger partial charge in [-0.15, -0.1) is 0 Å². The number of aliphatic hydroxyl groups is 1. The van der Waals surface area contributed by atoms with E-state index in [0.29, 0.717) is 53.1 Å².